The fraction of sp³-hybridized carbons (Fsp3) is 0.357. The minimum Gasteiger partial charge on any atom is -0.397 e. The lowest BCUT2D eigenvalue weighted by Gasteiger charge is -2.17. The van der Waals surface area contributed by atoms with Gasteiger partial charge >= 0.3 is 0 Å². The number of thiophene rings is 1. The van der Waals surface area contributed by atoms with E-state index in [4.69, 9.17) is 5.73 Å². The molecule has 0 bridgehead atoms. The summed E-state index contributed by atoms with van der Waals surface area (Å²) >= 11 is 1.50. The second kappa shape index (κ2) is 4.98. The van der Waals surface area contributed by atoms with Crippen molar-refractivity contribution in [3.05, 3.63) is 28.6 Å². The molecule has 0 atom stereocenters. The van der Waals surface area contributed by atoms with Gasteiger partial charge in [0.25, 0.3) is 5.91 Å². The number of amides is 1. The molecule has 18 heavy (non-hydrogen) atoms. The minimum absolute atomic E-state index is 0.0399. The molecule has 1 amide bonds. The summed E-state index contributed by atoms with van der Waals surface area (Å²) in [5, 5.41) is 0.996. The van der Waals surface area contributed by atoms with Gasteiger partial charge in [-0.1, -0.05) is 18.2 Å². The smallest absolute Gasteiger partial charge is 0.266 e. The third-order valence-electron chi connectivity index (χ3n) is 3.20. The first-order chi connectivity index (χ1) is 8.60. The Balaban J connectivity index is 2.55. The van der Waals surface area contributed by atoms with E-state index < -0.39 is 0 Å². The van der Waals surface area contributed by atoms with Gasteiger partial charge in [-0.25, -0.2) is 0 Å². The van der Waals surface area contributed by atoms with Crippen molar-refractivity contribution in [2.75, 3.05) is 18.8 Å². The molecule has 2 N–H and O–H groups in total. The number of aryl methyl sites for hydroxylation is 1. The maximum absolute atomic E-state index is 12.4. The summed E-state index contributed by atoms with van der Waals surface area (Å²) in [6, 6.07) is 6.00. The molecule has 2 aromatic rings. The molecule has 96 valence electrons. The van der Waals surface area contributed by atoms with Crippen LogP contribution in [0.5, 0.6) is 0 Å². The Morgan fingerprint density at radius 1 is 1.33 bits per heavy atom. The Morgan fingerprint density at radius 2 is 2.00 bits per heavy atom. The molecule has 1 heterocycles. The van der Waals surface area contributed by atoms with Crippen LogP contribution in [-0.4, -0.2) is 23.9 Å². The van der Waals surface area contributed by atoms with E-state index >= 15 is 0 Å². The van der Waals surface area contributed by atoms with E-state index in [0.717, 1.165) is 10.1 Å². The molecule has 0 radical (unpaired) electrons. The predicted octanol–water partition coefficient (Wildman–Crippen LogP) is 3.27. The zero-order valence-electron chi connectivity index (χ0n) is 11.0. The van der Waals surface area contributed by atoms with Gasteiger partial charge in [-0.15, -0.1) is 11.3 Å². The summed E-state index contributed by atoms with van der Waals surface area (Å²) in [5.74, 6) is 0.0399. The summed E-state index contributed by atoms with van der Waals surface area (Å²) in [6.45, 7) is 7.43. The molecule has 0 aliphatic rings. The zero-order chi connectivity index (χ0) is 13.3. The number of anilines is 1. The lowest BCUT2D eigenvalue weighted by atomic mass is 10.1. The molecule has 0 aliphatic heterocycles. The van der Waals surface area contributed by atoms with Crippen LogP contribution in [0.15, 0.2) is 18.2 Å². The molecule has 0 unspecified atom stereocenters. The van der Waals surface area contributed by atoms with E-state index in [-0.39, 0.29) is 5.91 Å². The first kappa shape index (κ1) is 12.9. The van der Waals surface area contributed by atoms with Crippen LogP contribution in [-0.2, 0) is 0 Å². The van der Waals surface area contributed by atoms with Crippen molar-refractivity contribution in [1.29, 1.82) is 0 Å². The quantitative estimate of drug-likeness (QED) is 0.922. The van der Waals surface area contributed by atoms with E-state index in [0.29, 0.717) is 23.7 Å². The van der Waals surface area contributed by atoms with Crippen LogP contribution in [0, 0.1) is 6.92 Å². The Hall–Kier alpha value is -1.55. The van der Waals surface area contributed by atoms with Gasteiger partial charge in [0.2, 0.25) is 0 Å². The highest BCUT2D eigenvalue weighted by Crippen LogP contribution is 2.36. The summed E-state index contributed by atoms with van der Waals surface area (Å²) in [6.07, 6.45) is 0. The van der Waals surface area contributed by atoms with Crippen molar-refractivity contribution >= 4 is 33.0 Å². The van der Waals surface area contributed by atoms with E-state index in [1.807, 2.05) is 39.0 Å². The van der Waals surface area contributed by atoms with Crippen molar-refractivity contribution in [2.45, 2.75) is 20.8 Å². The third kappa shape index (κ3) is 1.97. The Morgan fingerprint density at radius 3 is 2.56 bits per heavy atom. The molecule has 2 rings (SSSR count). The predicted molar refractivity (Wildman–Crippen MR) is 78.2 cm³/mol. The first-order valence-electron chi connectivity index (χ1n) is 6.17. The minimum atomic E-state index is 0.0399. The van der Waals surface area contributed by atoms with Gasteiger partial charge in [-0.3, -0.25) is 4.79 Å². The second-order valence-electron chi connectivity index (χ2n) is 4.27. The molecule has 1 aromatic carbocycles. The molecular weight excluding hydrogens is 244 g/mol. The molecule has 4 heteroatoms. The molecule has 1 aromatic heterocycles. The number of hydrogen-bond donors (Lipinski definition) is 1. The van der Waals surface area contributed by atoms with Crippen molar-refractivity contribution in [1.82, 2.24) is 4.90 Å². The van der Waals surface area contributed by atoms with Crippen molar-refractivity contribution in [2.24, 2.45) is 0 Å². The van der Waals surface area contributed by atoms with E-state index in [1.54, 1.807) is 4.90 Å². The van der Waals surface area contributed by atoms with Crippen LogP contribution in [0.1, 0.15) is 29.1 Å². The number of hydrogen-bond acceptors (Lipinski definition) is 3. The largest absolute Gasteiger partial charge is 0.397 e. The molecule has 0 saturated carbocycles. The van der Waals surface area contributed by atoms with Crippen molar-refractivity contribution < 1.29 is 4.79 Å². The van der Waals surface area contributed by atoms with Gasteiger partial charge in [-0.05, 0) is 26.3 Å². The van der Waals surface area contributed by atoms with Gasteiger partial charge in [0.05, 0.1) is 5.69 Å². The van der Waals surface area contributed by atoms with Gasteiger partial charge < -0.3 is 10.6 Å². The molecular formula is C14H18N2OS. The number of benzene rings is 1. The van der Waals surface area contributed by atoms with Crippen LogP contribution < -0.4 is 5.73 Å². The standard InChI is InChI=1S/C14H18N2OS/c1-4-16(5-2)14(17)13-11(15)10-8-6-7-9(3)12(10)18-13/h6-8H,4-5,15H2,1-3H3. The number of carbonyl (C=O) groups excluding carboxylic acids is 1. The molecule has 0 fully saturated rings. The Bertz CT molecular complexity index is 585. The monoisotopic (exact) mass is 262 g/mol. The van der Waals surface area contributed by atoms with Crippen LogP contribution in [0.3, 0.4) is 0 Å². The fourth-order valence-electron chi connectivity index (χ4n) is 2.09. The van der Waals surface area contributed by atoms with Gasteiger partial charge in [0, 0.05) is 23.2 Å². The number of nitrogens with zero attached hydrogens (tertiary/aromatic N) is 1. The lowest BCUT2D eigenvalue weighted by molar-refractivity contribution is 0.0779. The Labute approximate surface area is 111 Å². The maximum Gasteiger partial charge on any atom is 0.266 e. The highest BCUT2D eigenvalue weighted by atomic mass is 32.1. The normalized spacial score (nSPS) is 10.8. The van der Waals surface area contributed by atoms with E-state index in [9.17, 15) is 4.79 Å². The van der Waals surface area contributed by atoms with Gasteiger partial charge in [0.1, 0.15) is 4.88 Å². The van der Waals surface area contributed by atoms with Gasteiger partial charge in [0.15, 0.2) is 0 Å². The van der Waals surface area contributed by atoms with Crippen molar-refractivity contribution in [3.8, 4) is 0 Å². The number of carbonyl (C=O) groups is 1. The average Bonchev–Trinajstić information content (AvgIpc) is 2.70. The van der Waals surface area contributed by atoms with E-state index in [1.165, 1.54) is 16.9 Å². The summed E-state index contributed by atoms with van der Waals surface area (Å²) in [5.41, 5.74) is 7.91. The molecule has 0 saturated heterocycles. The lowest BCUT2D eigenvalue weighted by Crippen LogP contribution is -2.30. The topological polar surface area (TPSA) is 46.3 Å². The van der Waals surface area contributed by atoms with Gasteiger partial charge in [-0.2, -0.15) is 0 Å². The molecule has 0 spiro atoms. The fourth-order valence-corrected chi connectivity index (χ4v) is 3.25. The summed E-state index contributed by atoms with van der Waals surface area (Å²) in [4.78, 5) is 14.8. The SMILES string of the molecule is CCN(CC)C(=O)c1sc2c(C)cccc2c1N. The summed E-state index contributed by atoms with van der Waals surface area (Å²) < 4.78 is 1.12. The zero-order valence-corrected chi connectivity index (χ0v) is 11.8. The first-order valence-corrected chi connectivity index (χ1v) is 6.98. The van der Waals surface area contributed by atoms with E-state index in [2.05, 4.69) is 0 Å². The Kier molecular flexibility index (Phi) is 3.57. The van der Waals surface area contributed by atoms with Crippen LogP contribution in [0.2, 0.25) is 0 Å². The third-order valence-corrected chi connectivity index (χ3v) is 4.54. The average molecular weight is 262 g/mol. The highest BCUT2D eigenvalue weighted by molar-refractivity contribution is 7.21. The number of fused-ring (bicyclic) bond motifs is 1. The second-order valence-corrected chi connectivity index (χ2v) is 5.29. The summed E-state index contributed by atoms with van der Waals surface area (Å²) in [7, 11) is 0. The number of nitrogen functional groups attached to an aromatic ring is 1. The maximum atomic E-state index is 12.4. The number of nitrogens with two attached hydrogens (primary N) is 1. The molecule has 3 nitrogen and oxygen atoms in total. The van der Waals surface area contributed by atoms with Crippen molar-refractivity contribution in [3.63, 3.8) is 0 Å². The van der Waals surface area contributed by atoms with Crippen LogP contribution >= 0.6 is 11.3 Å². The molecule has 0 aliphatic carbocycles. The van der Waals surface area contributed by atoms with Crippen LogP contribution in [0.25, 0.3) is 10.1 Å². The number of rotatable bonds is 3. The van der Waals surface area contributed by atoms with Crippen LogP contribution in [0.4, 0.5) is 5.69 Å². The highest BCUT2D eigenvalue weighted by Gasteiger charge is 2.20.